The first-order chi connectivity index (χ1) is 9.47. The molecule has 1 aliphatic rings. The van der Waals surface area contributed by atoms with Crippen LogP contribution < -0.4 is 10.2 Å². The minimum Gasteiger partial charge on any atom is -0.342 e. The molecule has 1 saturated heterocycles. The Labute approximate surface area is 115 Å². The number of anilines is 1. The molecule has 1 N–H and O–H groups in total. The van der Waals surface area contributed by atoms with E-state index in [1.165, 1.54) is 4.90 Å². The van der Waals surface area contributed by atoms with Crippen LogP contribution in [0.4, 0.5) is 14.5 Å². The van der Waals surface area contributed by atoms with Gasteiger partial charge in [0, 0.05) is 6.07 Å². The van der Waals surface area contributed by atoms with Crippen molar-refractivity contribution in [1.82, 2.24) is 5.32 Å². The molecule has 1 heterocycles. The Morgan fingerprint density at radius 2 is 1.70 bits per heavy atom. The van der Waals surface area contributed by atoms with E-state index in [1.807, 2.05) is 0 Å². The van der Waals surface area contributed by atoms with Crippen molar-refractivity contribution in [1.29, 1.82) is 0 Å². The third kappa shape index (κ3) is 2.50. The molecule has 0 bridgehead atoms. The van der Waals surface area contributed by atoms with E-state index in [0.717, 1.165) is 18.2 Å². The number of rotatable bonds is 3. The summed E-state index contributed by atoms with van der Waals surface area (Å²) in [6, 6.07) is 1.46. The number of piperazine rings is 1. The Kier molecular flexibility index (Phi) is 4.01. The van der Waals surface area contributed by atoms with E-state index >= 15 is 0 Å². The molecule has 1 aromatic carbocycles. The van der Waals surface area contributed by atoms with Gasteiger partial charge in [0.05, 0.1) is 5.69 Å². The molecule has 6 heteroatoms. The van der Waals surface area contributed by atoms with Gasteiger partial charge in [-0.15, -0.1) is 0 Å². The molecule has 0 aromatic heterocycles. The van der Waals surface area contributed by atoms with E-state index in [9.17, 15) is 18.4 Å². The van der Waals surface area contributed by atoms with Crippen LogP contribution in [0, 0.1) is 11.6 Å². The maximum atomic E-state index is 13.3. The van der Waals surface area contributed by atoms with Gasteiger partial charge in [-0.05, 0) is 25.0 Å². The van der Waals surface area contributed by atoms with E-state index in [0.29, 0.717) is 12.8 Å². The topological polar surface area (TPSA) is 49.4 Å². The zero-order valence-electron chi connectivity index (χ0n) is 11.3. The van der Waals surface area contributed by atoms with Crippen molar-refractivity contribution >= 4 is 17.5 Å². The van der Waals surface area contributed by atoms with Crippen molar-refractivity contribution in [3.8, 4) is 0 Å². The number of carbonyl (C=O) groups is 2. The molecule has 108 valence electrons. The van der Waals surface area contributed by atoms with Crippen LogP contribution in [0.1, 0.15) is 26.7 Å². The lowest BCUT2D eigenvalue weighted by Gasteiger charge is -2.38. The molecule has 1 fully saturated rings. The number of nitrogens with one attached hydrogen (secondary N) is 1. The molecule has 2 atom stereocenters. The first kappa shape index (κ1) is 14.4. The van der Waals surface area contributed by atoms with Crippen molar-refractivity contribution in [2.75, 3.05) is 4.90 Å². The van der Waals surface area contributed by atoms with Gasteiger partial charge in [-0.3, -0.25) is 14.5 Å². The molecule has 0 saturated carbocycles. The molecule has 2 amide bonds. The normalized spacial score (nSPS) is 22.9. The summed E-state index contributed by atoms with van der Waals surface area (Å²) in [6.07, 6.45) is 0.793. The van der Waals surface area contributed by atoms with E-state index in [1.54, 1.807) is 13.8 Å². The van der Waals surface area contributed by atoms with Gasteiger partial charge in [-0.25, -0.2) is 8.78 Å². The summed E-state index contributed by atoms with van der Waals surface area (Å²) in [5.41, 5.74) is 0.0765. The van der Waals surface area contributed by atoms with Crippen LogP contribution in [0.5, 0.6) is 0 Å². The molecule has 4 nitrogen and oxygen atoms in total. The highest BCUT2D eigenvalue weighted by Crippen LogP contribution is 2.25. The SMILES string of the molecule is CCC1NC(=O)C(CC)N(c2cc(F)cc(F)c2)C1=O. The van der Waals surface area contributed by atoms with Gasteiger partial charge in [-0.1, -0.05) is 13.8 Å². The number of carbonyl (C=O) groups excluding carboxylic acids is 2. The lowest BCUT2D eigenvalue weighted by Crippen LogP contribution is -2.63. The van der Waals surface area contributed by atoms with Crippen LogP contribution >= 0.6 is 0 Å². The minimum atomic E-state index is -0.776. The predicted molar refractivity (Wildman–Crippen MR) is 70.1 cm³/mol. The lowest BCUT2D eigenvalue weighted by molar-refractivity contribution is -0.134. The van der Waals surface area contributed by atoms with Gasteiger partial charge in [0.1, 0.15) is 23.7 Å². The van der Waals surface area contributed by atoms with Crippen molar-refractivity contribution in [2.24, 2.45) is 0 Å². The maximum absolute atomic E-state index is 13.3. The van der Waals surface area contributed by atoms with E-state index in [-0.39, 0.29) is 17.5 Å². The number of halogens is 2. The second-order valence-corrected chi connectivity index (χ2v) is 4.73. The molecule has 2 unspecified atom stereocenters. The van der Waals surface area contributed by atoms with Crippen LogP contribution in [-0.4, -0.2) is 23.9 Å². The summed E-state index contributed by atoms with van der Waals surface area (Å²) in [7, 11) is 0. The Morgan fingerprint density at radius 3 is 2.20 bits per heavy atom. The Hall–Kier alpha value is -1.98. The molecule has 0 aliphatic carbocycles. The molecular formula is C14H16F2N2O2. The smallest absolute Gasteiger partial charge is 0.250 e. The van der Waals surface area contributed by atoms with Gasteiger partial charge in [-0.2, -0.15) is 0 Å². The highest BCUT2D eigenvalue weighted by Gasteiger charge is 2.39. The average Bonchev–Trinajstić information content (AvgIpc) is 2.39. The summed E-state index contributed by atoms with van der Waals surface area (Å²) >= 11 is 0. The third-order valence-electron chi connectivity index (χ3n) is 3.39. The highest BCUT2D eigenvalue weighted by molar-refractivity contribution is 6.08. The molecule has 20 heavy (non-hydrogen) atoms. The van der Waals surface area contributed by atoms with Crippen LogP contribution in [-0.2, 0) is 9.59 Å². The molecule has 1 aliphatic heterocycles. The summed E-state index contributed by atoms with van der Waals surface area (Å²) in [5.74, 6) is -2.20. The summed E-state index contributed by atoms with van der Waals surface area (Å²) in [4.78, 5) is 25.6. The van der Waals surface area contributed by atoms with Crippen molar-refractivity contribution in [2.45, 2.75) is 38.8 Å². The van der Waals surface area contributed by atoms with E-state index < -0.39 is 23.7 Å². The zero-order chi connectivity index (χ0) is 14.9. The fourth-order valence-electron chi connectivity index (χ4n) is 2.40. The summed E-state index contributed by atoms with van der Waals surface area (Å²) < 4.78 is 26.7. The lowest BCUT2D eigenvalue weighted by atomic mass is 10.0. The number of benzene rings is 1. The van der Waals surface area contributed by atoms with Crippen molar-refractivity contribution in [3.63, 3.8) is 0 Å². The van der Waals surface area contributed by atoms with Gasteiger partial charge >= 0.3 is 0 Å². The van der Waals surface area contributed by atoms with Gasteiger partial charge < -0.3 is 5.32 Å². The summed E-state index contributed by atoms with van der Waals surface area (Å²) in [5, 5.41) is 2.63. The van der Waals surface area contributed by atoms with Crippen LogP contribution in [0.3, 0.4) is 0 Å². The Bertz CT molecular complexity index is 528. The van der Waals surface area contributed by atoms with Gasteiger partial charge in [0.15, 0.2) is 0 Å². The highest BCUT2D eigenvalue weighted by atomic mass is 19.1. The number of nitrogens with zero attached hydrogens (tertiary/aromatic N) is 1. The fourth-order valence-corrected chi connectivity index (χ4v) is 2.40. The molecule has 0 radical (unpaired) electrons. The van der Waals surface area contributed by atoms with Crippen LogP contribution in [0.15, 0.2) is 18.2 Å². The monoisotopic (exact) mass is 282 g/mol. The number of hydrogen-bond donors (Lipinski definition) is 1. The standard InChI is InChI=1S/C14H16F2N2O2/c1-3-11-14(20)18(12(4-2)13(19)17-11)10-6-8(15)5-9(16)7-10/h5-7,11-12H,3-4H2,1-2H3,(H,17,19). The quantitative estimate of drug-likeness (QED) is 0.921. The molecule has 0 spiro atoms. The van der Waals surface area contributed by atoms with Crippen LogP contribution in [0.2, 0.25) is 0 Å². The van der Waals surface area contributed by atoms with Gasteiger partial charge in [0.25, 0.3) is 0 Å². The first-order valence-electron chi connectivity index (χ1n) is 6.57. The van der Waals surface area contributed by atoms with Crippen molar-refractivity contribution < 1.29 is 18.4 Å². The molecule has 2 rings (SSSR count). The maximum Gasteiger partial charge on any atom is 0.250 e. The average molecular weight is 282 g/mol. The van der Waals surface area contributed by atoms with Crippen LogP contribution in [0.25, 0.3) is 0 Å². The number of amides is 2. The van der Waals surface area contributed by atoms with Crippen molar-refractivity contribution in [3.05, 3.63) is 29.8 Å². The second kappa shape index (κ2) is 5.56. The van der Waals surface area contributed by atoms with E-state index in [2.05, 4.69) is 5.32 Å². The molecule has 1 aromatic rings. The zero-order valence-corrected chi connectivity index (χ0v) is 11.3. The summed E-state index contributed by atoms with van der Waals surface area (Å²) in [6.45, 7) is 3.51. The first-order valence-corrected chi connectivity index (χ1v) is 6.57. The minimum absolute atomic E-state index is 0.0765. The Morgan fingerprint density at radius 1 is 1.10 bits per heavy atom. The van der Waals surface area contributed by atoms with E-state index in [4.69, 9.17) is 0 Å². The third-order valence-corrected chi connectivity index (χ3v) is 3.39. The predicted octanol–water partition coefficient (Wildman–Crippen LogP) is 1.98. The fraction of sp³-hybridized carbons (Fsp3) is 0.429. The Balaban J connectivity index is 2.47. The second-order valence-electron chi connectivity index (χ2n) is 4.73. The largest absolute Gasteiger partial charge is 0.342 e. The molecular weight excluding hydrogens is 266 g/mol. The number of hydrogen-bond acceptors (Lipinski definition) is 2. The van der Waals surface area contributed by atoms with Gasteiger partial charge in [0.2, 0.25) is 11.8 Å².